The third-order valence-corrected chi connectivity index (χ3v) is 8.13. The molecule has 0 bridgehead atoms. The Morgan fingerprint density at radius 1 is 1.00 bits per heavy atom. The maximum atomic E-state index is 14.0. The molecule has 2 aliphatic heterocycles. The van der Waals surface area contributed by atoms with Crippen molar-refractivity contribution < 1.29 is 14.3 Å². The van der Waals surface area contributed by atoms with Crippen molar-refractivity contribution in [3.8, 4) is 5.75 Å². The smallest absolute Gasteiger partial charge is 0.246 e. The second-order valence-electron chi connectivity index (χ2n) is 10.1. The van der Waals surface area contributed by atoms with Gasteiger partial charge in [0.2, 0.25) is 11.8 Å². The van der Waals surface area contributed by atoms with Crippen molar-refractivity contribution >= 4 is 22.7 Å². The molecule has 3 heterocycles. The van der Waals surface area contributed by atoms with Gasteiger partial charge in [0.1, 0.15) is 18.3 Å². The number of piperazine rings is 1. The zero-order valence-corrected chi connectivity index (χ0v) is 19.8. The normalized spacial score (nSPS) is 27.0. The fraction of sp³-hybridized carbons (Fsp3) is 0.429. The molecule has 2 aromatic carbocycles. The molecule has 1 aromatic heterocycles. The summed E-state index contributed by atoms with van der Waals surface area (Å²) in [5, 5.41) is 1.13. The number of para-hydroxylation sites is 1. The van der Waals surface area contributed by atoms with Gasteiger partial charge in [-0.05, 0) is 60.9 Å². The molecule has 6 nitrogen and oxygen atoms in total. The second kappa shape index (κ2) is 8.19. The Bertz CT molecular complexity index is 1260. The highest BCUT2D eigenvalue weighted by Gasteiger charge is 2.49. The van der Waals surface area contributed by atoms with Crippen LogP contribution in [0.2, 0.25) is 0 Å². The molecule has 2 atom stereocenters. The highest BCUT2D eigenvalue weighted by atomic mass is 16.5. The van der Waals surface area contributed by atoms with Crippen molar-refractivity contribution in [2.24, 2.45) is 5.92 Å². The van der Waals surface area contributed by atoms with Crippen LogP contribution < -0.4 is 4.74 Å². The molecule has 6 rings (SSSR count). The average Bonchev–Trinajstić information content (AvgIpc) is 3.24. The van der Waals surface area contributed by atoms with E-state index in [0.717, 1.165) is 59.2 Å². The van der Waals surface area contributed by atoms with Gasteiger partial charge in [-0.15, -0.1) is 0 Å². The van der Waals surface area contributed by atoms with E-state index < -0.39 is 6.04 Å². The van der Waals surface area contributed by atoms with Crippen molar-refractivity contribution in [3.05, 3.63) is 65.4 Å². The molecule has 1 N–H and O–H groups in total. The van der Waals surface area contributed by atoms with Gasteiger partial charge in [0, 0.05) is 29.1 Å². The standard InChI is InChI=1S/C28H31N3O3/c1-17-10-12-19(13-11-17)30-16-25(32)31-24(28(30)33)15-22-21-8-3-4-9-23(21)29-26(22)27(31)18-6-5-7-20(14-18)34-2/h3-9,14,17,19,24,27,29H,10-13,15-16H2,1-2H3/t17?,19?,24-,27+/m1/s1. The largest absolute Gasteiger partial charge is 0.497 e. The average molecular weight is 458 g/mol. The summed E-state index contributed by atoms with van der Waals surface area (Å²) < 4.78 is 5.49. The fourth-order valence-corrected chi connectivity index (χ4v) is 6.31. The summed E-state index contributed by atoms with van der Waals surface area (Å²) in [4.78, 5) is 35.0. The van der Waals surface area contributed by atoms with Crippen molar-refractivity contribution in [1.29, 1.82) is 0 Å². The Hall–Kier alpha value is -3.28. The Balaban J connectivity index is 1.46. The Morgan fingerprint density at radius 2 is 1.79 bits per heavy atom. The summed E-state index contributed by atoms with van der Waals surface area (Å²) in [6.45, 7) is 2.45. The van der Waals surface area contributed by atoms with Crippen LogP contribution in [0.25, 0.3) is 10.9 Å². The minimum absolute atomic E-state index is 0.0281. The van der Waals surface area contributed by atoms with Gasteiger partial charge in [0.15, 0.2) is 0 Å². The first-order valence-corrected chi connectivity index (χ1v) is 12.4. The SMILES string of the molecule is COc1cccc([C@H]2c3[nH]c4ccccc4c3C[C@@H]3C(=O)N(C4CCC(C)CC4)CC(=O)N23)c1. The minimum Gasteiger partial charge on any atom is -0.497 e. The molecular weight excluding hydrogens is 426 g/mol. The lowest BCUT2D eigenvalue weighted by atomic mass is 9.83. The van der Waals surface area contributed by atoms with Crippen LogP contribution in [0.4, 0.5) is 0 Å². The van der Waals surface area contributed by atoms with Gasteiger partial charge in [-0.3, -0.25) is 9.59 Å². The molecule has 0 unspecified atom stereocenters. The number of hydrogen-bond donors (Lipinski definition) is 1. The number of amides is 2. The van der Waals surface area contributed by atoms with Gasteiger partial charge in [0.05, 0.1) is 13.2 Å². The van der Waals surface area contributed by atoms with Crippen LogP contribution in [0, 0.1) is 5.92 Å². The number of rotatable bonds is 3. The van der Waals surface area contributed by atoms with Crippen LogP contribution in [-0.2, 0) is 16.0 Å². The number of ether oxygens (including phenoxy) is 1. The van der Waals surface area contributed by atoms with E-state index in [9.17, 15) is 9.59 Å². The molecule has 3 aromatic rings. The molecule has 1 aliphatic carbocycles. The molecular formula is C28H31N3O3. The molecule has 0 spiro atoms. The summed E-state index contributed by atoms with van der Waals surface area (Å²) in [6, 6.07) is 15.4. The van der Waals surface area contributed by atoms with E-state index in [1.807, 2.05) is 46.2 Å². The number of carbonyl (C=O) groups excluding carboxylic acids is 2. The molecule has 6 heteroatoms. The lowest BCUT2D eigenvalue weighted by Crippen LogP contribution is -2.65. The number of nitrogens with zero attached hydrogens (tertiary/aromatic N) is 2. The summed E-state index contributed by atoms with van der Waals surface area (Å²) in [7, 11) is 1.65. The number of hydrogen-bond acceptors (Lipinski definition) is 3. The van der Waals surface area contributed by atoms with E-state index in [1.165, 1.54) is 0 Å². The third-order valence-electron chi connectivity index (χ3n) is 8.13. The van der Waals surface area contributed by atoms with Crippen LogP contribution in [0.3, 0.4) is 0 Å². The zero-order chi connectivity index (χ0) is 23.4. The summed E-state index contributed by atoms with van der Waals surface area (Å²) in [5.74, 6) is 1.57. The summed E-state index contributed by atoms with van der Waals surface area (Å²) in [6.07, 6.45) is 4.77. The Morgan fingerprint density at radius 3 is 2.59 bits per heavy atom. The van der Waals surface area contributed by atoms with Crippen molar-refractivity contribution in [1.82, 2.24) is 14.8 Å². The van der Waals surface area contributed by atoms with E-state index in [4.69, 9.17) is 4.74 Å². The number of benzene rings is 2. The Kier molecular flexibility index (Phi) is 5.12. The number of carbonyl (C=O) groups is 2. The summed E-state index contributed by atoms with van der Waals surface area (Å²) >= 11 is 0. The van der Waals surface area contributed by atoms with Crippen molar-refractivity contribution in [3.63, 3.8) is 0 Å². The molecule has 3 aliphatic rings. The van der Waals surface area contributed by atoms with Gasteiger partial charge in [-0.1, -0.05) is 37.3 Å². The van der Waals surface area contributed by atoms with Crippen LogP contribution in [0.1, 0.15) is 55.5 Å². The molecule has 1 saturated heterocycles. The first-order chi connectivity index (χ1) is 16.5. The predicted octanol–water partition coefficient (Wildman–Crippen LogP) is 4.44. The maximum absolute atomic E-state index is 14.0. The minimum atomic E-state index is -0.483. The number of methoxy groups -OCH3 is 1. The molecule has 1 saturated carbocycles. The molecule has 0 radical (unpaired) electrons. The van der Waals surface area contributed by atoms with Gasteiger partial charge in [0.25, 0.3) is 0 Å². The van der Waals surface area contributed by atoms with Crippen LogP contribution >= 0.6 is 0 Å². The van der Waals surface area contributed by atoms with E-state index in [-0.39, 0.29) is 30.4 Å². The maximum Gasteiger partial charge on any atom is 0.246 e. The monoisotopic (exact) mass is 457 g/mol. The van der Waals surface area contributed by atoms with Gasteiger partial charge >= 0.3 is 0 Å². The molecule has 2 fully saturated rings. The highest BCUT2D eigenvalue weighted by molar-refractivity contribution is 5.97. The first kappa shape index (κ1) is 21.3. The fourth-order valence-electron chi connectivity index (χ4n) is 6.31. The van der Waals surface area contributed by atoms with Gasteiger partial charge in [-0.25, -0.2) is 0 Å². The van der Waals surface area contributed by atoms with Crippen molar-refractivity contribution in [2.45, 2.75) is 57.2 Å². The van der Waals surface area contributed by atoms with E-state index in [0.29, 0.717) is 12.3 Å². The van der Waals surface area contributed by atoms with Crippen molar-refractivity contribution in [2.75, 3.05) is 13.7 Å². The second-order valence-corrected chi connectivity index (χ2v) is 10.1. The number of H-pyrrole nitrogens is 1. The summed E-state index contributed by atoms with van der Waals surface area (Å²) in [5.41, 5.74) is 4.15. The quantitative estimate of drug-likeness (QED) is 0.632. The number of aromatic amines is 1. The van der Waals surface area contributed by atoms with E-state index >= 15 is 0 Å². The first-order valence-electron chi connectivity index (χ1n) is 12.4. The number of aromatic nitrogens is 1. The lowest BCUT2D eigenvalue weighted by molar-refractivity contribution is -0.161. The van der Waals surface area contributed by atoms with E-state index in [2.05, 4.69) is 24.0 Å². The topological polar surface area (TPSA) is 65.6 Å². The zero-order valence-electron chi connectivity index (χ0n) is 19.8. The Labute approximate surface area is 199 Å². The number of fused-ring (bicyclic) bond motifs is 4. The van der Waals surface area contributed by atoms with E-state index in [1.54, 1.807) is 7.11 Å². The van der Waals surface area contributed by atoms with Gasteiger partial charge in [-0.2, -0.15) is 0 Å². The van der Waals surface area contributed by atoms with Crippen LogP contribution in [0.15, 0.2) is 48.5 Å². The van der Waals surface area contributed by atoms with Crippen LogP contribution in [-0.4, -0.2) is 52.3 Å². The molecule has 2 amide bonds. The highest BCUT2D eigenvalue weighted by Crippen LogP contribution is 2.43. The number of nitrogens with one attached hydrogen (secondary N) is 1. The lowest BCUT2D eigenvalue weighted by Gasteiger charge is -2.49. The molecule has 176 valence electrons. The molecule has 34 heavy (non-hydrogen) atoms. The third kappa shape index (κ3) is 3.30. The van der Waals surface area contributed by atoms with Gasteiger partial charge < -0.3 is 19.5 Å². The van der Waals surface area contributed by atoms with Crippen LogP contribution in [0.5, 0.6) is 5.75 Å². The predicted molar refractivity (Wildman–Crippen MR) is 131 cm³/mol.